The molecule has 0 spiro atoms. The largest absolute Gasteiger partial charge is 0.147 e. The van der Waals surface area contributed by atoms with Crippen molar-refractivity contribution in [3.8, 4) is 11.1 Å². The van der Waals surface area contributed by atoms with Crippen LogP contribution in [-0.2, 0) is 19.8 Å². The molecule has 1 atom stereocenters. The van der Waals surface area contributed by atoms with E-state index in [1.54, 1.807) is 6.55 Å². The van der Waals surface area contributed by atoms with E-state index in [0.29, 0.717) is 3.63 Å². The van der Waals surface area contributed by atoms with Crippen molar-refractivity contribution in [3.05, 3.63) is 111 Å². The summed E-state index contributed by atoms with van der Waals surface area (Å²) in [6.45, 7) is 2.33. The van der Waals surface area contributed by atoms with Gasteiger partial charge in [0.1, 0.15) is 0 Å². The zero-order valence-corrected chi connectivity index (χ0v) is 20.5. The van der Waals surface area contributed by atoms with Crippen molar-refractivity contribution in [1.82, 2.24) is 0 Å². The average Bonchev–Trinajstić information content (AvgIpc) is 3.38. The number of rotatable bonds is 3. The second kappa shape index (κ2) is 9.09. The average molecular weight is 500 g/mol. The Kier molecular flexibility index (Phi) is 6.95. The Hall–Kier alpha value is -1.53. The smallest absolute Gasteiger partial charge is 0.147 e. The molecule has 3 heteroatoms. The van der Waals surface area contributed by atoms with E-state index in [1.165, 1.54) is 22.3 Å². The maximum absolute atomic E-state index is 3.11. The second-order valence-corrected chi connectivity index (χ2v) is 17.6. The van der Waals surface area contributed by atoms with Gasteiger partial charge < -0.3 is 0 Å². The van der Waals surface area contributed by atoms with E-state index in [4.69, 9.17) is 0 Å². The molecule has 0 N–H and O–H groups in total. The molecule has 2 aliphatic rings. The van der Waals surface area contributed by atoms with Crippen molar-refractivity contribution >= 4 is 31.8 Å². The molecule has 0 amide bonds. The maximum Gasteiger partial charge on any atom is -0.147 e. The number of hydrogen-bond acceptors (Lipinski definition) is 0. The van der Waals surface area contributed by atoms with Crippen molar-refractivity contribution in [2.75, 3.05) is 0 Å². The zero-order valence-electron chi connectivity index (χ0n) is 16.4. The number of allylic oxidation sites excluding steroid dienone is 4. The van der Waals surface area contributed by atoms with Gasteiger partial charge in [-0.1, -0.05) is 0 Å². The zero-order chi connectivity index (χ0) is 18.3. The van der Waals surface area contributed by atoms with E-state index in [2.05, 4.69) is 108 Å². The van der Waals surface area contributed by atoms with Crippen LogP contribution in [-0.4, -0.2) is 3.71 Å². The van der Waals surface area contributed by atoms with Gasteiger partial charge in [-0.25, -0.2) is 0 Å². The third kappa shape index (κ3) is 3.38. The van der Waals surface area contributed by atoms with Crippen LogP contribution in [0.2, 0.25) is 0 Å². The molecule has 0 fully saturated rings. The standard InChI is InChI=1S/C13H9.C6H5.C5H5.C2H4.2ClH.Zr/c1-3-7-12-10(5-1)9-11-6-2-4-8-13(11)12;1-2-4-6-5-3-1;1-2-4-5-3-1;1-2;;;/h1-9H;1-5H;1-3H,4H2;1H,2H3;2*1H;. The summed E-state index contributed by atoms with van der Waals surface area (Å²) in [5, 5.41) is 0. The first-order valence-electron chi connectivity index (χ1n) is 9.76. The van der Waals surface area contributed by atoms with Crippen LogP contribution >= 0.6 is 24.8 Å². The van der Waals surface area contributed by atoms with E-state index < -0.39 is 19.8 Å². The van der Waals surface area contributed by atoms with E-state index in [9.17, 15) is 0 Å². The molecule has 29 heavy (non-hydrogen) atoms. The molecule has 0 radical (unpaired) electrons. The quantitative estimate of drug-likeness (QED) is 0.374. The maximum atomic E-state index is 2.65. The fourth-order valence-corrected chi connectivity index (χ4v) is 17.9. The molecule has 3 aromatic rings. The van der Waals surface area contributed by atoms with Gasteiger partial charge in [0.2, 0.25) is 0 Å². The van der Waals surface area contributed by atoms with E-state index in [-0.39, 0.29) is 24.8 Å². The molecule has 0 bridgehead atoms. The summed E-state index contributed by atoms with van der Waals surface area (Å²) >= 11 is -3.11. The number of halogens is 2. The van der Waals surface area contributed by atoms with Gasteiger partial charge in [0.25, 0.3) is 0 Å². The van der Waals surface area contributed by atoms with Crippen molar-refractivity contribution in [2.24, 2.45) is 0 Å². The van der Waals surface area contributed by atoms with E-state index in [0.717, 1.165) is 6.42 Å². The van der Waals surface area contributed by atoms with Crippen molar-refractivity contribution in [2.45, 2.75) is 17.0 Å². The normalized spacial score (nSPS) is 16.0. The van der Waals surface area contributed by atoms with Gasteiger partial charge in [-0.3, -0.25) is 0 Å². The number of benzene rings is 3. The molecule has 0 saturated carbocycles. The molecule has 3 aromatic carbocycles. The van der Waals surface area contributed by atoms with E-state index >= 15 is 0 Å². The van der Waals surface area contributed by atoms with Crippen molar-refractivity contribution < 1.29 is 19.8 Å². The Morgan fingerprint density at radius 1 is 0.759 bits per heavy atom. The summed E-state index contributed by atoms with van der Waals surface area (Å²) < 4.78 is 6.42. The summed E-state index contributed by atoms with van der Waals surface area (Å²) in [5.41, 5.74) is 5.93. The van der Waals surface area contributed by atoms with Crippen LogP contribution in [0, 0.1) is 0 Å². The minimum Gasteiger partial charge on any atom is -0.147 e. The van der Waals surface area contributed by atoms with Gasteiger partial charge in [0, 0.05) is 0 Å². The first kappa shape index (κ1) is 22.2. The number of hydrogen-bond donors (Lipinski definition) is 0. The Morgan fingerprint density at radius 3 is 1.83 bits per heavy atom. The predicted molar refractivity (Wildman–Crippen MR) is 128 cm³/mol. The van der Waals surface area contributed by atoms with Gasteiger partial charge in [0.05, 0.1) is 0 Å². The summed E-state index contributed by atoms with van der Waals surface area (Å²) in [4.78, 5) is 0. The fourth-order valence-electron chi connectivity index (χ4n) is 5.17. The van der Waals surface area contributed by atoms with Gasteiger partial charge in [0.15, 0.2) is 0 Å². The molecule has 147 valence electrons. The van der Waals surface area contributed by atoms with Crippen LogP contribution < -0.4 is 3.27 Å². The summed E-state index contributed by atoms with van der Waals surface area (Å²) in [6.07, 6.45) is 8.13. The molecular formula is C26H25Cl2Zr. The topological polar surface area (TPSA) is 0 Å². The van der Waals surface area contributed by atoms with Crippen LogP contribution in [0.1, 0.15) is 28.1 Å². The molecule has 0 aliphatic heterocycles. The molecule has 5 rings (SSSR count). The Labute approximate surface area is 190 Å². The molecule has 0 saturated heterocycles. The van der Waals surface area contributed by atoms with Crippen LogP contribution in [0.25, 0.3) is 11.1 Å². The summed E-state index contributed by atoms with van der Waals surface area (Å²) in [7, 11) is 0. The predicted octanol–water partition coefficient (Wildman–Crippen LogP) is 6.75. The van der Waals surface area contributed by atoms with Gasteiger partial charge in [-0.15, -0.1) is 24.8 Å². The summed E-state index contributed by atoms with van der Waals surface area (Å²) in [6, 6.07) is 29.5. The molecule has 0 heterocycles. The Bertz CT molecular complexity index is 1080. The van der Waals surface area contributed by atoms with Crippen molar-refractivity contribution in [1.29, 1.82) is 0 Å². The molecule has 2 aliphatic carbocycles. The summed E-state index contributed by atoms with van der Waals surface area (Å²) in [5.74, 6) is 0. The minimum atomic E-state index is -3.11. The van der Waals surface area contributed by atoms with Crippen molar-refractivity contribution in [3.63, 3.8) is 0 Å². The minimum absolute atomic E-state index is 0. The Balaban J connectivity index is 0.00000120. The molecule has 0 aromatic heterocycles. The second-order valence-electron chi connectivity index (χ2n) is 7.46. The monoisotopic (exact) mass is 497 g/mol. The fraction of sp³-hybridized carbons (Fsp3) is 0.115. The van der Waals surface area contributed by atoms with Crippen LogP contribution in [0.3, 0.4) is 0 Å². The van der Waals surface area contributed by atoms with Gasteiger partial charge in [-0.05, 0) is 0 Å². The number of fused-ring (bicyclic) bond motifs is 3. The molecule has 0 nitrogen and oxygen atoms in total. The van der Waals surface area contributed by atoms with Gasteiger partial charge >= 0.3 is 166 Å². The van der Waals surface area contributed by atoms with Crippen LogP contribution in [0.4, 0.5) is 0 Å². The molecular weight excluding hydrogens is 474 g/mol. The first-order chi connectivity index (χ1) is 13.4. The third-order valence-corrected chi connectivity index (χ3v) is 19.0. The van der Waals surface area contributed by atoms with Crippen LogP contribution in [0.15, 0.2) is 100 Å². The van der Waals surface area contributed by atoms with Gasteiger partial charge in [-0.2, -0.15) is 0 Å². The first-order valence-corrected chi connectivity index (χ1v) is 15.1. The Morgan fingerprint density at radius 2 is 1.31 bits per heavy atom. The van der Waals surface area contributed by atoms with E-state index in [1.807, 2.05) is 0 Å². The SMILES string of the molecule is C[CH]=[Zr]([C]1=CC=CC1)([c]1ccccc1)[CH]1c2ccccc2-c2ccccc21.Cl.Cl. The van der Waals surface area contributed by atoms with Crippen LogP contribution in [0.5, 0.6) is 0 Å². The molecule has 1 unspecified atom stereocenters. The third-order valence-electron chi connectivity index (χ3n) is 6.30.